The minimum absolute atomic E-state index is 0.189. The van der Waals surface area contributed by atoms with Crippen LogP contribution in [-0.2, 0) is 28.2 Å². The van der Waals surface area contributed by atoms with Gasteiger partial charge in [0.15, 0.2) is 0 Å². The number of rotatable bonds is 9. The van der Waals surface area contributed by atoms with Gasteiger partial charge in [-0.15, -0.1) is 0 Å². The normalized spacial score (nSPS) is 14.1. The molecule has 32 heavy (non-hydrogen) atoms. The average molecular weight is 480 g/mol. The number of ether oxygens (including phenoxy) is 1. The van der Waals surface area contributed by atoms with Gasteiger partial charge in [0, 0.05) is 36.3 Å². The molecule has 1 fully saturated rings. The molecule has 0 spiro atoms. The van der Waals surface area contributed by atoms with Crippen molar-refractivity contribution in [3.63, 3.8) is 0 Å². The van der Waals surface area contributed by atoms with E-state index in [4.69, 9.17) is 21.4 Å². The van der Waals surface area contributed by atoms with Crippen LogP contribution >= 0.6 is 11.6 Å². The molecule has 1 amide bonds. The molecule has 0 radical (unpaired) electrons. The zero-order valence-corrected chi connectivity index (χ0v) is 19.6. The van der Waals surface area contributed by atoms with E-state index in [9.17, 15) is 13.2 Å². The molecule has 1 saturated carbocycles. The van der Waals surface area contributed by atoms with Crippen LogP contribution < -0.4 is 4.72 Å². The van der Waals surface area contributed by atoms with Crippen LogP contribution in [0.25, 0.3) is 16.9 Å². The number of carbonyl (C=O) groups excluding carboxylic acids is 1. The fraction of sp³-hybridized carbons (Fsp3) is 0.476. The highest BCUT2D eigenvalue weighted by molar-refractivity contribution is 7.90. The molecule has 0 aliphatic heterocycles. The summed E-state index contributed by atoms with van der Waals surface area (Å²) in [6, 6.07) is 3.74. The van der Waals surface area contributed by atoms with Crippen LogP contribution in [0.4, 0.5) is 4.79 Å². The van der Waals surface area contributed by atoms with Gasteiger partial charge in [-0.1, -0.05) is 24.9 Å². The Morgan fingerprint density at radius 1 is 1.38 bits per heavy atom. The molecule has 3 aromatic heterocycles. The van der Waals surface area contributed by atoms with Crippen LogP contribution in [0.15, 0.2) is 24.5 Å². The minimum Gasteiger partial charge on any atom is -0.449 e. The minimum atomic E-state index is -3.87. The maximum Gasteiger partial charge on any atom is 0.420 e. The Balaban J connectivity index is 1.60. The van der Waals surface area contributed by atoms with E-state index in [1.165, 1.54) is 0 Å². The van der Waals surface area contributed by atoms with Crippen molar-refractivity contribution in [3.8, 4) is 5.82 Å². The lowest BCUT2D eigenvalue weighted by Gasteiger charge is -2.11. The van der Waals surface area contributed by atoms with Crippen LogP contribution in [0.2, 0.25) is 5.02 Å². The summed E-state index contributed by atoms with van der Waals surface area (Å²) >= 11 is 6.07. The maximum absolute atomic E-state index is 12.5. The Morgan fingerprint density at radius 2 is 2.16 bits per heavy atom. The Bertz CT molecular complexity index is 1250. The van der Waals surface area contributed by atoms with Crippen molar-refractivity contribution in [2.45, 2.75) is 44.9 Å². The number of pyridine rings is 1. The number of unbranched alkanes of at least 4 members (excludes halogenated alkanes) is 1. The lowest BCUT2D eigenvalue weighted by atomic mass is 10.1. The van der Waals surface area contributed by atoms with Gasteiger partial charge in [-0.3, -0.25) is 9.25 Å². The highest BCUT2D eigenvalue weighted by Crippen LogP contribution is 2.42. The quantitative estimate of drug-likeness (QED) is 0.469. The first-order valence-electron chi connectivity index (χ1n) is 10.6. The van der Waals surface area contributed by atoms with Crippen LogP contribution in [0, 0.1) is 0 Å². The van der Waals surface area contributed by atoms with Gasteiger partial charge < -0.3 is 4.74 Å². The van der Waals surface area contributed by atoms with E-state index in [0.29, 0.717) is 23.0 Å². The molecule has 3 heterocycles. The summed E-state index contributed by atoms with van der Waals surface area (Å²) in [7, 11) is -2.03. The second-order valence-corrected chi connectivity index (χ2v) is 10.3. The fourth-order valence-electron chi connectivity index (χ4n) is 3.73. The number of amides is 1. The molecule has 1 N–H and O–H groups in total. The standard InChI is InChI=1S/C21H26ClN5O4S/c1-3-4-10-31-21(28)25-32(29,30)11-8-17-18(14-5-6-14)24-26(2)20(17)27-9-7-15-12-16(22)13-23-19(15)27/h7,9,12-14H,3-6,8,10-11H2,1-2H3,(H,25,28). The van der Waals surface area contributed by atoms with Crippen molar-refractivity contribution in [3.05, 3.63) is 40.8 Å². The van der Waals surface area contributed by atoms with Crippen molar-refractivity contribution >= 4 is 38.8 Å². The van der Waals surface area contributed by atoms with E-state index in [0.717, 1.165) is 41.7 Å². The fourth-order valence-corrected chi connectivity index (χ4v) is 4.78. The highest BCUT2D eigenvalue weighted by atomic mass is 35.5. The smallest absolute Gasteiger partial charge is 0.420 e. The van der Waals surface area contributed by atoms with Gasteiger partial charge in [0.05, 0.1) is 23.1 Å². The largest absolute Gasteiger partial charge is 0.449 e. The van der Waals surface area contributed by atoms with Gasteiger partial charge in [-0.2, -0.15) is 5.10 Å². The lowest BCUT2D eigenvalue weighted by molar-refractivity contribution is 0.151. The number of halogens is 1. The zero-order chi connectivity index (χ0) is 22.9. The van der Waals surface area contributed by atoms with Crippen molar-refractivity contribution in [1.82, 2.24) is 24.1 Å². The lowest BCUT2D eigenvalue weighted by Crippen LogP contribution is -2.34. The molecular weight excluding hydrogens is 454 g/mol. The number of aryl methyl sites for hydroxylation is 1. The first kappa shape index (κ1) is 22.6. The molecule has 1 aliphatic rings. The van der Waals surface area contributed by atoms with E-state index in [2.05, 4.69) is 4.98 Å². The molecule has 3 aromatic rings. The summed E-state index contributed by atoms with van der Waals surface area (Å²) in [6.45, 7) is 2.15. The molecule has 0 atom stereocenters. The first-order valence-corrected chi connectivity index (χ1v) is 12.7. The molecule has 1 aliphatic carbocycles. The number of aromatic nitrogens is 4. The number of nitrogens with zero attached hydrogens (tertiary/aromatic N) is 4. The Hall–Kier alpha value is -2.59. The first-order chi connectivity index (χ1) is 15.3. The number of nitrogens with one attached hydrogen (secondary N) is 1. The van der Waals surface area contributed by atoms with Gasteiger partial charge in [-0.25, -0.2) is 22.9 Å². The molecule has 0 aromatic carbocycles. The number of sulfonamides is 1. The van der Waals surface area contributed by atoms with Crippen molar-refractivity contribution in [2.75, 3.05) is 12.4 Å². The summed E-state index contributed by atoms with van der Waals surface area (Å²) < 4.78 is 35.6. The second kappa shape index (κ2) is 9.11. The highest BCUT2D eigenvalue weighted by Gasteiger charge is 2.32. The summed E-state index contributed by atoms with van der Waals surface area (Å²) in [5.41, 5.74) is 2.45. The van der Waals surface area contributed by atoms with Gasteiger partial charge in [0.2, 0.25) is 10.0 Å². The van der Waals surface area contributed by atoms with Crippen molar-refractivity contribution in [1.29, 1.82) is 0 Å². The number of hydrogen-bond donors (Lipinski definition) is 1. The van der Waals surface area contributed by atoms with E-state index in [1.54, 1.807) is 10.9 Å². The predicted octanol–water partition coefficient (Wildman–Crippen LogP) is 3.69. The van der Waals surface area contributed by atoms with Crippen LogP contribution in [0.1, 0.15) is 49.8 Å². The molecule has 0 saturated heterocycles. The summed E-state index contributed by atoms with van der Waals surface area (Å²) in [4.78, 5) is 16.3. The molecule has 4 rings (SSSR count). The number of hydrogen-bond acceptors (Lipinski definition) is 6. The number of carbonyl (C=O) groups is 1. The van der Waals surface area contributed by atoms with E-state index < -0.39 is 16.1 Å². The topological polar surface area (TPSA) is 108 Å². The van der Waals surface area contributed by atoms with E-state index in [-0.39, 0.29) is 18.8 Å². The predicted molar refractivity (Wildman–Crippen MR) is 122 cm³/mol. The van der Waals surface area contributed by atoms with Crippen molar-refractivity contribution < 1.29 is 17.9 Å². The SMILES string of the molecule is CCCCOC(=O)NS(=O)(=O)CCc1c(C2CC2)nn(C)c1-n1ccc2cc(Cl)cnc21. The Morgan fingerprint density at radius 3 is 2.88 bits per heavy atom. The zero-order valence-electron chi connectivity index (χ0n) is 18.0. The summed E-state index contributed by atoms with van der Waals surface area (Å²) in [6.07, 6.45) is 6.31. The van der Waals surface area contributed by atoms with Crippen molar-refractivity contribution in [2.24, 2.45) is 7.05 Å². The summed E-state index contributed by atoms with van der Waals surface area (Å²) in [5, 5.41) is 6.12. The number of fused-ring (bicyclic) bond motifs is 1. The monoisotopic (exact) mass is 479 g/mol. The third-order valence-electron chi connectivity index (χ3n) is 5.42. The third-order valence-corrected chi connectivity index (χ3v) is 6.85. The van der Waals surface area contributed by atoms with Gasteiger partial charge in [0.1, 0.15) is 11.5 Å². The molecule has 172 valence electrons. The van der Waals surface area contributed by atoms with E-state index in [1.807, 2.05) is 41.6 Å². The average Bonchev–Trinajstić information content (AvgIpc) is 3.41. The molecule has 11 heteroatoms. The molecule has 0 bridgehead atoms. The molecular formula is C21H26ClN5O4S. The van der Waals surface area contributed by atoms with E-state index >= 15 is 0 Å². The molecule has 9 nitrogen and oxygen atoms in total. The van der Waals surface area contributed by atoms with Gasteiger partial charge >= 0.3 is 6.09 Å². The molecule has 0 unspecified atom stereocenters. The third kappa shape index (κ3) is 4.91. The van der Waals surface area contributed by atoms with Crippen LogP contribution in [0.3, 0.4) is 0 Å². The Kier molecular flexibility index (Phi) is 6.43. The summed E-state index contributed by atoms with van der Waals surface area (Å²) in [5.74, 6) is 0.827. The Labute approximate surface area is 191 Å². The van der Waals surface area contributed by atoms with Crippen LogP contribution in [0.5, 0.6) is 0 Å². The van der Waals surface area contributed by atoms with Gasteiger partial charge in [-0.05, 0) is 37.8 Å². The maximum atomic E-state index is 12.5. The van der Waals surface area contributed by atoms with Crippen LogP contribution in [-0.4, -0.2) is 46.2 Å². The second-order valence-electron chi connectivity index (χ2n) is 8.00. The van der Waals surface area contributed by atoms with Gasteiger partial charge in [0.25, 0.3) is 0 Å².